The zero-order valence-electron chi connectivity index (χ0n) is 7.85. The molecule has 0 aliphatic carbocycles. The van der Waals surface area contributed by atoms with Gasteiger partial charge in [0.15, 0.2) is 0 Å². The minimum Gasteiger partial charge on any atom is -0.404 e. The van der Waals surface area contributed by atoms with Gasteiger partial charge in [-0.25, -0.2) is 4.57 Å². The number of hydrogen-bond donors (Lipinski definition) is 4. The van der Waals surface area contributed by atoms with Crippen LogP contribution in [0.25, 0.3) is 0 Å². The molecule has 1 aromatic rings. The number of aliphatic hydroxyl groups is 2. The van der Waals surface area contributed by atoms with Gasteiger partial charge in [0.2, 0.25) is 0 Å². The Balaban J connectivity index is 0.000000423. The molecule has 0 radical (unpaired) electrons. The van der Waals surface area contributed by atoms with E-state index >= 15 is 0 Å². The molecule has 86 valence electrons. The Morgan fingerprint density at radius 2 is 1.53 bits per heavy atom. The van der Waals surface area contributed by atoms with Crippen LogP contribution in [-0.2, 0) is 4.57 Å². The highest BCUT2D eigenvalue weighted by Crippen LogP contribution is 2.36. The number of rotatable bonds is 3. The molecule has 0 heterocycles. The Morgan fingerprint density at radius 1 is 1.07 bits per heavy atom. The summed E-state index contributed by atoms with van der Waals surface area (Å²) in [5.74, 6) is 0.167. The molecule has 0 bridgehead atoms. The van der Waals surface area contributed by atoms with Crippen LogP contribution in [0.4, 0.5) is 0 Å². The molecule has 0 aliphatic heterocycles. The molecule has 1 rings (SSSR count). The van der Waals surface area contributed by atoms with Crippen LogP contribution in [0.15, 0.2) is 30.3 Å². The quantitative estimate of drug-likeness (QED) is 0.555. The summed E-state index contributed by atoms with van der Waals surface area (Å²) in [5, 5.41) is 15.2. The van der Waals surface area contributed by atoms with E-state index in [0.717, 1.165) is 0 Å². The molecule has 0 atom stereocenters. The van der Waals surface area contributed by atoms with Crippen molar-refractivity contribution in [3.8, 4) is 5.75 Å². The predicted octanol–water partition coefficient (Wildman–Crippen LogP) is 0.129. The Hall–Kier alpha value is -0.910. The van der Waals surface area contributed by atoms with E-state index in [4.69, 9.17) is 20.0 Å². The highest BCUT2D eigenvalue weighted by molar-refractivity contribution is 7.46. The summed E-state index contributed by atoms with van der Waals surface area (Å²) in [7, 11) is -4.39. The third kappa shape index (κ3) is 9.40. The average molecular weight is 236 g/mol. The van der Waals surface area contributed by atoms with E-state index in [1.165, 1.54) is 12.1 Å². The molecule has 6 nitrogen and oxygen atoms in total. The van der Waals surface area contributed by atoms with Gasteiger partial charge in [0.05, 0.1) is 13.2 Å². The van der Waals surface area contributed by atoms with E-state index in [9.17, 15) is 4.57 Å². The molecule has 0 spiro atoms. The lowest BCUT2D eigenvalue weighted by molar-refractivity contribution is 0.186. The smallest absolute Gasteiger partial charge is 0.404 e. The van der Waals surface area contributed by atoms with Crippen molar-refractivity contribution in [2.45, 2.75) is 0 Å². The van der Waals surface area contributed by atoms with E-state index in [2.05, 4.69) is 4.52 Å². The average Bonchev–Trinajstić information content (AvgIpc) is 2.17. The van der Waals surface area contributed by atoms with Crippen molar-refractivity contribution in [1.82, 2.24) is 0 Å². The maximum absolute atomic E-state index is 10.3. The first-order valence-electron chi connectivity index (χ1n) is 4.01. The number of hydrogen-bond acceptors (Lipinski definition) is 4. The van der Waals surface area contributed by atoms with Crippen LogP contribution in [0.1, 0.15) is 0 Å². The molecule has 0 saturated carbocycles. The maximum Gasteiger partial charge on any atom is 0.524 e. The molecular weight excluding hydrogens is 223 g/mol. The zero-order chi connectivity index (χ0) is 11.7. The largest absolute Gasteiger partial charge is 0.524 e. The summed E-state index contributed by atoms with van der Waals surface area (Å²) < 4.78 is 14.5. The molecule has 0 unspecified atom stereocenters. The molecule has 0 fully saturated rings. The van der Waals surface area contributed by atoms with Crippen LogP contribution >= 0.6 is 7.82 Å². The monoisotopic (exact) mass is 236 g/mol. The first-order chi connectivity index (χ1) is 6.99. The Bertz CT molecular complexity index is 293. The summed E-state index contributed by atoms with van der Waals surface area (Å²) in [6, 6.07) is 7.93. The normalized spacial score (nSPS) is 10.1. The van der Waals surface area contributed by atoms with Gasteiger partial charge in [0.25, 0.3) is 0 Å². The maximum atomic E-state index is 10.3. The van der Waals surface area contributed by atoms with Crippen molar-refractivity contribution >= 4 is 7.82 Å². The lowest BCUT2D eigenvalue weighted by Crippen LogP contribution is -1.88. The molecular formula is C8H13O6P. The van der Waals surface area contributed by atoms with Crippen molar-refractivity contribution < 1.29 is 29.1 Å². The molecule has 0 saturated heterocycles. The number of benzene rings is 1. The molecule has 0 aromatic heterocycles. The second kappa shape index (κ2) is 7.39. The summed E-state index contributed by atoms with van der Waals surface area (Å²) in [6.45, 7) is -0.250. The summed E-state index contributed by atoms with van der Waals surface area (Å²) in [4.78, 5) is 16.7. The van der Waals surface area contributed by atoms with Crippen molar-refractivity contribution in [2.75, 3.05) is 13.2 Å². The molecule has 0 aliphatic rings. The predicted molar refractivity (Wildman–Crippen MR) is 53.3 cm³/mol. The van der Waals surface area contributed by atoms with E-state index in [1.807, 2.05) is 0 Å². The van der Waals surface area contributed by atoms with Crippen molar-refractivity contribution in [2.24, 2.45) is 0 Å². The van der Waals surface area contributed by atoms with Gasteiger partial charge in [0.1, 0.15) is 5.75 Å². The molecule has 7 heteroatoms. The number of para-hydroxylation sites is 1. The minimum absolute atomic E-state index is 0.125. The van der Waals surface area contributed by atoms with Gasteiger partial charge >= 0.3 is 7.82 Å². The van der Waals surface area contributed by atoms with Gasteiger partial charge in [-0.1, -0.05) is 18.2 Å². The Morgan fingerprint density at radius 3 is 1.87 bits per heavy atom. The van der Waals surface area contributed by atoms with Crippen LogP contribution in [0, 0.1) is 0 Å². The second-order valence-corrected chi connectivity index (χ2v) is 3.51. The fraction of sp³-hybridized carbons (Fsp3) is 0.250. The Kier molecular flexibility index (Phi) is 6.94. The highest BCUT2D eigenvalue weighted by atomic mass is 31.2. The third-order valence-corrected chi connectivity index (χ3v) is 1.52. The standard InChI is InChI=1S/C6H7O4P.C2H6O2/c7-11(8,9)10-6-4-2-1-3-5-6;3-1-2-4/h1-5H,(H2,7,8,9);3-4H,1-2H2. The minimum atomic E-state index is -4.39. The van der Waals surface area contributed by atoms with Crippen LogP contribution in [-0.4, -0.2) is 33.2 Å². The van der Waals surface area contributed by atoms with Crippen LogP contribution in [0.2, 0.25) is 0 Å². The third-order valence-electron chi connectivity index (χ3n) is 1.07. The first-order valence-corrected chi connectivity index (χ1v) is 5.54. The lowest BCUT2D eigenvalue weighted by Gasteiger charge is -2.04. The SMILES string of the molecule is O=P(O)(O)Oc1ccccc1.OCCO. The van der Waals surface area contributed by atoms with Gasteiger partial charge in [-0.3, -0.25) is 9.79 Å². The molecule has 15 heavy (non-hydrogen) atoms. The van der Waals surface area contributed by atoms with Gasteiger partial charge < -0.3 is 14.7 Å². The van der Waals surface area contributed by atoms with Gasteiger partial charge in [-0.2, -0.15) is 0 Å². The fourth-order valence-electron chi connectivity index (χ4n) is 0.619. The van der Waals surface area contributed by atoms with E-state index in [-0.39, 0.29) is 19.0 Å². The van der Waals surface area contributed by atoms with Crippen LogP contribution in [0.3, 0.4) is 0 Å². The topological polar surface area (TPSA) is 107 Å². The highest BCUT2D eigenvalue weighted by Gasteiger charge is 2.14. The summed E-state index contributed by atoms with van der Waals surface area (Å²) in [6.07, 6.45) is 0. The Labute approximate surface area is 87.0 Å². The van der Waals surface area contributed by atoms with Gasteiger partial charge in [-0.05, 0) is 12.1 Å². The fourth-order valence-corrected chi connectivity index (χ4v) is 1.02. The van der Waals surface area contributed by atoms with Crippen LogP contribution in [0.5, 0.6) is 5.75 Å². The number of phosphoric ester groups is 1. The molecule has 1 aromatic carbocycles. The number of phosphoric acid groups is 1. The number of aliphatic hydroxyl groups excluding tert-OH is 2. The van der Waals surface area contributed by atoms with E-state index < -0.39 is 7.82 Å². The van der Waals surface area contributed by atoms with E-state index in [1.54, 1.807) is 18.2 Å². The van der Waals surface area contributed by atoms with E-state index in [0.29, 0.717) is 0 Å². The molecule has 0 amide bonds. The summed E-state index contributed by atoms with van der Waals surface area (Å²) in [5.41, 5.74) is 0. The zero-order valence-corrected chi connectivity index (χ0v) is 8.75. The second-order valence-electron chi connectivity index (χ2n) is 2.34. The van der Waals surface area contributed by atoms with Gasteiger partial charge in [0, 0.05) is 0 Å². The lowest BCUT2D eigenvalue weighted by atomic mass is 10.3. The van der Waals surface area contributed by atoms with Crippen molar-refractivity contribution in [3.63, 3.8) is 0 Å². The van der Waals surface area contributed by atoms with Crippen molar-refractivity contribution in [3.05, 3.63) is 30.3 Å². The summed E-state index contributed by atoms with van der Waals surface area (Å²) >= 11 is 0. The van der Waals surface area contributed by atoms with Crippen molar-refractivity contribution in [1.29, 1.82) is 0 Å². The van der Waals surface area contributed by atoms with Gasteiger partial charge in [-0.15, -0.1) is 0 Å². The molecule has 4 N–H and O–H groups in total. The first kappa shape index (κ1) is 14.1. The van der Waals surface area contributed by atoms with Crippen LogP contribution < -0.4 is 4.52 Å².